The molecule has 2 N–H and O–H groups in total. The van der Waals surface area contributed by atoms with E-state index < -0.39 is 11.7 Å². The highest BCUT2D eigenvalue weighted by Gasteiger charge is 2.32. The topological polar surface area (TPSA) is 91.5 Å². The first-order valence-corrected chi connectivity index (χ1v) is 9.65. The van der Waals surface area contributed by atoms with Gasteiger partial charge in [-0.1, -0.05) is 28.4 Å². The van der Waals surface area contributed by atoms with Crippen molar-refractivity contribution in [2.45, 2.75) is 19.1 Å². The maximum atomic E-state index is 13.0. The summed E-state index contributed by atoms with van der Waals surface area (Å²) in [6, 6.07) is 5.61. The van der Waals surface area contributed by atoms with Crippen molar-refractivity contribution in [2.24, 2.45) is 5.73 Å². The molecule has 12 heteroatoms. The summed E-state index contributed by atoms with van der Waals surface area (Å²) in [7, 11) is 0. The molecule has 0 fully saturated rings. The zero-order chi connectivity index (χ0) is 22.3. The molecule has 3 heterocycles. The van der Waals surface area contributed by atoms with E-state index >= 15 is 0 Å². The van der Waals surface area contributed by atoms with Gasteiger partial charge in [0.15, 0.2) is 5.65 Å². The molecule has 0 saturated heterocycles. The van der Waals surface area contributed by atoms with E-state index in [-0.39, 0.29) is 34.1 Å². The molecule has 162 valence electrons. The lowest BCUT2D eigenvalue weighted by atomic mass is 10.2. The van der Waals surface area contributed by atoms with Crippen LogP contribution in [0.25, 0.3) is 28.6 Å². The van der Waals surface area contributed by atoms with Crippen LogP contribution in [0.15, 0.2) is 41.2 Å². The van der Waals surface area contributed by atoms with Crippen molar-refractivity contribution >= 4 is 28.8 Å². The minimum Gasteiger partial charge on any atom is -0.492 e. The zero-order valence-corrected chi connectivity index (χ0v) is 17.3. The first kappa shape index (κ1) is 21.4. The molecule has 0 aliphatic carbocycles. The summed E-state index contributed by atoms with van der Waals surface area (Å²) in [5, 5.41) is 4.04. The Hall–Kier alpha value is -2.82. The monoisotopic (exact) mass is 471 g/mol. The SMILES string of the molecule is CC(N)COc1ccc(-c2noc(-c3cn4cc(C(F)(F)F)cc(Cl)c4n3)n2)c(Cl)c1. The summed E-state index contributed by atoms with van der Waals surface area (Å²) >= 11 is 12.3. The van der Waals surface area contributed by atoms with Crippen LogP contribution in [0.1, 0.15) is 12.5 Å². The molecule has 31 heavy (non-hydrogen) atoms. The molecule has 1 atom stereocenters. The molecule has 0 aliphatic heterocycles. The van der Waals surface area contributed by atoms with Gasteiger partial charge in [-0.25, -0.2) is 4.98 Å². The number of halogens is 5. The Labute approximate surface area is 183 Å². The molecule has 4 aromatic rings. The van der Waals surface area contributed by atoms with Crippen LogP contribution in [0.3, 0.4) is 0 Å². The van der Waals surface area contributed by atoms with Crippen molar-refractivity contribution in [2.75, 3.05) is 6.61 Å². The fourth-order valence-corrected chi connectivity index (χ4v) is 3.26. The highest BCUT2D eigenvalue weighted by Crippen LogP contribution is 2.34. The summed E-state index contributed by atoms with van der Waals surface area (Å²) in [6.45, 7) is 2.14. The highest BCUT2D eigenvalue weighted by molar-refractivity contribution is 6.33. The number of hydrogen-bond acceptors (Lipinski definition) is 6. The van der Waals surface area contributed by atoms with Crippen molar-refractivity contribution in [3.63, 3.8) is 0 Å². The normalized spacial score (nSPS) is 13.0. The third kappa shape index (κ3) is 4.46. The fraction of sp³-hybridized carbons (Fsp3) is 0.211. The number of hydrogen-bond donors (Lipinski definition) is 1. The van der Waals surface area contributed by atoms with Crippen LogP contribution < -0.4 is 10.5 Å². The molecule has 0 radical (unpaired) electrons. The first-order chi connectivity index (χ1) is 14.6. The van der Waals surface area contributed by atoms with Gasteiger partial charge in [-0.2, -0.15) is 18.2 Å². The summed E-state index contributed by atoms with van der Waals surface area (Å²) in [6.07, 6.45) is -2.35. The largest absolute Gasteiger partial charge is 0.492 e. The zero-order valence-electron chi connectivity index (χ0n) is 15.8. The lowest BCUT2D eigenvalue weighted by Gasteiger charge is -2.09. The van der Waals surface area contributed by atoms with Gasteiger partial charge in [-0.3, -0.25) is 0 Å². The van der Waals surface area contributed by atoms with Crippen LogP contribution in [0.2, 0.25) is 10.0 Å². The Bertz CT molecular complexity index is 1250. The molecule has 3 aromatic heterocycles. The van der Waals surface area contributed by atoms with E-state index in [0.717, 1.165) is 16.7 Å². The smallest absolute Gasteiger partial charge is 0.417 e. The molecule has 0 aliphatic rings. The molecule has 7 nitrogen and oxygen atoms in total. The van der Waals surface area contributed by atoms with Crippen molar-refractivity contribution in [3.05, 3.63) is 52.3 Å². The number of pyridine rings is 1. The van der Waals surface area contributed by atoms with Gasteiger partial charge in [0.1, 0.15) is 18.1 Å². The Balaban J connectivity index is 1.64. The van der Waals surface area contributed by atoms with E-state index in [1.807, 2.05) is 6.92 Å². The number of aromatic nitrogens is 4. The van der Waals surface area contributed by atoms with E-state index in [4.69, 9.17) is 38.2 Å². The number of rotatable bonds is 5. The summed E-state index contributed by atoms with van der Waals surface area (Å²) in [5.41, 5.74) is 5.52. The van der Waals surface area contributed by atoms with Crippen LogP contribution in [0, 0.1) is 0 Å². The van der Waals surface area contributed by atoms with Crippen LogP contribution in [-0.4, -0.2) is 32.2 Å². The lowest BCUT2D eigenvalue weighted by molar-refractivity contribution is -0.137. The van der Waals surface area contributed by atoms with Crippen LogP contribution >= 0.6 is 23.2 Å². The van der Waals surface area contributed by atoms with Gasteiger partial charge in [-0.15, -0.1) is 0 Å². The van der Waals surface area contributed by atoms with E-state index in [9.17, 15) is 13.2 Å². The molecule has 0 bridgehead atoms. The van der Waals surface area contributed by atoms with Crippen molar-refractivity contribution < 1.29 is 22.4 Å². The molecule has 1 unspecified atom stereocenters. The van der Waals surface area contributed by atoms with E-state index in [2.05, 4.69) is 15.1 Å². The number of nitrogens with two attached hydrogens (primary N) is 1. The van der Waals surface area contributed by atoms with E-state index in [0.29, 0.717) is 22.9 Å². The number of fused-ring (bicyclic) bond motifs is 1. The average molecular weight is 472 g/mol. The molecule has 4 rings (SSSR count). The van der Waals surface area contributed by atoms with Gasteiger partial charge in [-0.05, 0) is 31.2 Å². The molecule has 0 amide bonds. The summed E-state index contributed by atoms with van der Waals surface area (Å²) in [5.74, 6) is 0.708. The van der Waals surface area contributed by atoms with Crippen molar-refractivity contribution in [1.29, 1.82) is 0 Å². The molecular weight excluding hydrogens is 458 g/mol. The summed E-state index contributed by atoms with van der Waals surface area (Å²) in [4.78, 5) is 8.44. The van der Waals surface area contributed by atoms with Crippen LogP contribution in [0.4, 0.5) is 13.2 Å². The standard InChI is InChI=1S/C19H14Cl2F3N5O2/c1-9(25)8-30-11-2-3-12(13(20)5-11)16-27-18(31-28-16)15-7-29-6-10(19(22,23)24)4-14(21)17(29)26-15/h2-7,9H,8,25H2,1H3. The third-order valence-corrected chi connectivity index (χ3v) is 4.76. The van der Waals surface area contributed by atoms with Crippen LogP contribution in [0.5, 0.6) is 5.75 Å². The van der Waals surface area contributed by atoms with Gasteiger partial charge >= 0.3 is 6.18 Å². The fourth-order valence-electron chi connectivity index (χ4n) is 2.75. The highest BCUT2D eigenvalue weighted by atomic mass is 35.5. The number of alkyl halides is 3. The Kier molecular flexibility index (Phi) is 5.54. The second-order valence-electron chi connectivity index (χ2n) is 6.78. The predicted octanol–water partition coefficient (Wildman–Crippen LogP) is 5.10. The van der Waals surface area contributed by atoms with Gasteiger partial charge in [0, 0.05) is 24.0 Å². The molecular formula is C19H14Cl2F3N5O2. The summed E-state index contributed by atoms with van der Waals surface area (Å²) < 4.78 is 50.9. The second-order valence-corrected chi connectivity index (χ2v) is 7.60. The average Bonchev–Trinajstić information content (AvgIpc) is 3.32. The van der Waals surface area contributed by atoms with E-state index in [1.165, 1.54) is 6.20 Å². The minimum absolute atomic E-state index is 0.00308. The second kappa shape index (κ2) is 8.03. The maximum absolute atomic E-state index is 13.0. The molecule has 0 saturated carbocycles. The molecule has 0 spiro atoms. The maximum Gasteiger partial charge on any atom is 0.417 e. The number of benzene rings is 1. The number of nitrogens with zero attached hydrogens (tertiary/aromatic N) is 4. The van der Waals surface area contributed by atoms with Gasteiger partial charge < -0.3 is 19.4 Å². The number of ether oxygens (including phenoxy) is 1. The Morgan fingerprint density at radius 1 is 1.16 bits per heavy atom. The third-order valence-electron chi connectivity index (χ3n) is 4.17. The van der Waals surface area contributed by atoms with Crippen molar-refractivity contribution in [1.82, 2.24) is 19.5 Å². The van der Waals surface area contributed by atoms with Gasteiger partial charge in [0.05, 0.1) is 15.6 Å². The lowest BCUT2D eigenvalue weighted by Crippen LogP contribution is -2.23. The predicted molar refractivity (Wildman–Crippen MR) is 108 cm³/mol. The van der Waals surface area contributed by atoms with Gasteiger partial charge in [0.2, 0.25) is 5.82 Å². The van der Waals surface area contributed by atoms with Gasteiger partial charge in [0.25, 0.3) is 5.89 Å². The Morgan fingerprint density at radius 3 is 2.61 bits per heavy atom. The molecule has 1 aromatic carbocycles. The minimum atomic E-state index is -4.55. The van der Waals surface area contributed by atoms with Crippen molar-refractivity contribution in [3.8, 4) is 28.7 Å². The number of imidazole rings is 1. The quantitative estimate of drug-likeness (QED) is 0.435. The Morgan fingerprint density at radius 2 is 1.94 bits per heavy atom. The first-order valence-electron chi connectivity index (χ1n) is 8.89. The van der Waals surface area contributed by atoms with E-state index in [1.54, 1.807) is 18.2 Å². The van der Waals surface area contributed by atoms with Crippen LogP contribution in [-0.2, 0) is 6.18 Å².